The van der Waals surface area contributed by atoms with Crippen LogP contribution in [0.2, 0.25) is 0 Å². The summed E-state index contributed by atoms with van der Waals surface area (Å²) in [4.78, 5) is 23.5. The minimum Gasteiger partial charge on any atom is -0.465 e. The van der Waals surface area contributed by atoms with Crippen molar-refractivity contribution in [2.75, 3.05) is 38.0 Å². The zero-order valence-corrected chi connectivity index (χ0v) is 14.1. The van der Waals surface area contributed by atoms with Gasteiger partial charge in [0.05, 0.1) is 12.7 Å². The van der Waals surface area contributed by atoms with Gasteiger partial charge in [0.25, 0.3) is 5.91 Å². The molecule has 1 aromatic carbocycles. The topological polar surface area (TPSA) is 102 Å². The second kappa shape index (κ2) is 9.33. The molecule has 2 aromatic rings. The molecule has 0 bridgehead atoms. The molecule has 8 nitrogen and oxygen atoms in total. The molecule has 1 aromatic heterocycles. The maximum atomic E-state index is 12.2. The van der Waals surface area contributed by atoms with Crippen molar-refractivity contribution in [2.45, 2.75) is 6.42 Å². The van der Waals surface area contributed by atoms with Crippen molar-refractivity contribution in [3.63, 3.8) is 0 Å². The summed E-state index contributed by atoms with van der Waals surface area (Å²) in [7, 11) is 2.96. The number of hydrogen-bond donors (Lipinski definition) is 2. The summed E-state index contributed by atoms with van der Waals surface area (Å²) in [6.07, 6.45) is 0.849. The van der Waals surface area contributed by atoms with Gasteiger partial charge in [0.15, 0.2) is 5.69 Å². The van der Waals surface area contributed by atoms with Crippen molar-refractivity contribution < 1.29 is 19.1 Å². The number of carbonyl (C=O) groups is 2. The van der Waals surface area contributed by atoms with Crippen LogP contribution >= 0.6 is 0 Å². The van der Waals surface area contributed by atoms with Gasteiger partial charge in [-0.05, 0) is 42.8 Å². The minimum absolute atomic E-state index is 0.194. The summed E-state index contributed by atoms with van der Waals surface area (Å²) in [5.74, 6) is -0.225. The average molecular weight is 344 g/mol. The van der Waals surface area contributed by atoms with Crippen LogP contribution in [0.3, 0.4) is 0 Å². The SMILES string of the molecule is COCCCNc1ccc(C(=O)Nc2ccc(C(=O)OC)cc2)nn1. The van der Waals surface area contributed by atoms with Gasteiger partial charge in [0, 0.05) is 25.9 Å². The number of methoxy groups -OCH3 is 2. The number of amides is 1. The Morgan fingerprint density at radius 2 is 1.80 bits per heavy atom. The first-order valence-electron chi connectivity index (χ1n) is 7.70. The Morgan fingerprint density at radius 3 is 2.40 bits per heavy atom. The fraction of sp³-hybridized carbons (Fsp3) is 0.294. The van der Waals surface area contributed by atoms with Crippen LogP contribution in [-0.2, 0) is 9.47 Å². The van der Waals surface area contributed by atoms with Crippen LogP contribution in [-0.4, -0.2) is 49.4 Å². The Balaban J connectivity index is 1.91. The molecular weight excluding hydrogens is 324 g/mol. The Morgan fingerprint density at radius 1 is 1.04 bits per heavy atom. The fourth-order valence-electron chi connectivity index (χ4n) is 1.98. The van der Waals surface area contributed by atoms with E-state index >= 15 is 0 Å². The molecule has 0 unspecified atom stereocenters. The molecule has 0 saturated carbocycles. The molecule has 8 heteroatoms. The van der Waals surface area contributed by atoms with Crippen molar-refractivity contribution in [1.82, 2.24) is 10.2 Å². The van der Waals surface area contributed by atoms with Gasteiger partial charge in [-0.1, -0.05) is 0 Å². The smallest absolute Gasteiger partial charge is 0.337 e. The Labute approximate surface area is 145 Å². The number of ether oxygens (including phenoxy) is 2. The molecule has 2 N–H and O–H groups in total. The van der Waals surface area contributed by atoms with Gasteiger partial charge in [-0.3, -0.25) is 4.79 Å². The normalized spacial score (nSPS) is 10.2. The van der Waals surface area contributed by atoms with Gasteiger partial charge in [-0.2, -0.15) is 0 Å². The van der Waals surface area contributed by atoms with Crippen LogP contribution in [0.5, 0.6) is 0 Å². The highest BCUT2D eigenvalue weighted by molar-refractivity contribution is 6.03. The third-order valence-electron chi connectivity index (χ3n) is 3.29. The molecule has 0 atom stereocenters. The van der Waals surface area contributed by atoms with E-state index in [-0.39, 0.29) is 11.6 Å². The predicted octanol–water partition coefficient (Wildman–Crippen LogP) is 1.96. The number of nitrogens with zero attached hydrogens (tertiary/aromatic N) is 2. The molecule has 0 aliphatic heterocycles. The van der Waals surface area contributed by atoms with Gasteiger partial charge >= 0.3 is 5.97 Å². The minimum atomic E-state index is -0.433. The number of anilines is 2. The van der Waals surface area contributed by atoms with Gasteiger partial charge in [-0.25, -0.2) is 4.79 Å². The monoisotopic (exact) mass is 344 g/mol. The van der Waals surface area contributed by atoms with E-state index in [1.165, 1.54) is 7.11 Å². The van der Waals surface area contributed by atoms with E-state index < -0.39 is 5.97 Å². The molecule has 0 fully saturated rings. The van der Waals surface area contributed by atoms with E-state index in [0.29, 0.717) is 30.2 Å². The van der Waals surface area contributed by atoms with E-state index in [1.54, 1.807) is 43.5 Å². The zero-order chi connectivity index (χ0) is 18.1. The summed E-state index contributed by atoms with van der Waals surface area (Å²) in [5.41, 5.74) is 1.14. The molecule has 132 valence electrons. The van der Waals surface area contributed by atoms with Gasteiger partial charge < -0.3 is 20.1 Å². The third kappa shape index (κ3) is 5.54. The second-order valence-electron chi connectivity index (χ2n) is 5.10. The lowest BCUT2D eigenvalue weighted by Gasteiger charge is -2.07. The van der Waals surface area contributed by atoms with E-state index in [1.807, 2.05) is 0 Å². The molecule has 1 amide bonds. The number of hydrogen-bond acceptors (Lipinski definition) is 7. The lowest BCUT2D eigenvalue weighted by Crippen LogP contribution is -2.15. The van der Waals surface area contributed by atoms with Crippen LogP contribution in [0.25, 0.3) is 0 Å². The molecule has 2 rings (SSSR count). The highest BCUT2D eigenvalue weighted by atomic mass is 16.5. The lowest BCUT2D eigenvalue weighted by molar-refractivity contribution is 0.0600. The van der Waals surface area contributed by atoms with Crippen LogP contribution in [0, 0.1) is 0 Å². The van der Waals surface area contributed by atoms with Crippen molar-refractivity contribution >= 4 is 23.4 Å². The van der Waals surface area contributed by atoms with Gasteiger partial charge in [0.1, 0.15) is 5.82 Å². The van der Waals surface area contributed by atoms with Crippen molar-refractivity contribution in [1.29, 1.82) is 0 Å². The largest absolute Gasteiger partial charge is 0.465 e. The summed E-state index contributed by atoms with van der Waals surface area (Å²) in [5, 5.41) is 13.6. The van der Waals surface area contributed by atoms with Crippen LogP contribution in [0.15, 0.2) is 36.4 Å². The van der Waals surface area contributed by atoms with Crippen LogP contribution in [0.1, 0.15) is 27.3 Å². The summed E-state index contributed by atoms with van der Waals surface area (Å²) >= 11 is 0. The first-order chi connectivity index (χ1) is 12.1. The van der Waals surface area contributed by atoms with Crippen molar-refractivity contribution in [3.05, 3.63) is 47.7 Å². The standard InChI is InChI=1S/C17H20N4O4/c1-24-11-3-10-18-15-9-8-14(20-21-15)16(22)19-13-6-4-12(5-7-13)17(23)25-2/h4-9H,3,10-11H2,1-2H3,(H,18,21)(H,19,22). The molecular formula is C17H20N4O4. The molecule has 1 heterocycles. The van der Waals surface area contributed by atoms with Crippen molar-refractivity contribution in [2.24, 2.45) is 0 Å². The molecule has 0 radical (unpaired) electrons. The Bertz CT molecular complexity index is 702. The van der Waals surface area contributed by atoms with Gasteiger partial charge in [-0.15, -0.1) is 10.2 Å². The van der Waals surface area contributed by atoms with Gasteiger partial charge in [0.2, 0.25) is 0 Å². The third-order valence-corrected chi connectivity index (χ3v) is 3.29. The predicted molar refractivity (Wildman–Crippen MR) is 92.7 cm³/mol. The fourth-order valence-corrected chi connectivity index (χ4v) is 1.98. The molecule has 0 aliphatic carbocycles. The summed E-state index contributed by atoms with van der Waals surface area (Å²) < 4.78 is 9.58. The van der Waals surface area contributed by atoms with Crippen LogP contribution in [0.4, 0.5) is 11.5 Å². The number of nitrogens with one attached hydrogen (secondary N) is 2. The zero-order valence-electron chi connectivity index (χ0n) is 14.1. The number of carbonyl (C=O) groups excluding carboxylic acids is 2. The molecule has 0 spiro atoms. The maximum absolute atomic E-state index is 12.2. The summed E-state index contributed by atoms with van der Waals surface area (Å²) in [6.45, 7) is 1.37. The highest BCUT2D eigenvalue weighted by Crippen LogP contribution is 2.12. The second-order valence-corrected chi connectivity index (χ2v) is 5.10. The number of aromatic nitrogens is 2. The van der Waals surface area contributed by atoms with Crippen molar-refractivity contribution in [3.8, 4) is 0 Å². The summed E-state index contributed by atoms with van der Waals surface area (Å²) in [6, 6.07) is 9.64. The number of benzene rings is 1. The van der Waals surface area contributed by atoms with Crippen LogP contribution < -0.4 is 10.6 Å². The maximum Gasteiger partial charge on any atom is 0.337 e. The van der Waals surface area contributed by atoms with E-state index in [0.717, 1.165) is 6.42 Å². The lowest BCUT2D eigenvalue weighted by atomic mass is 10.2. The first kappa shape index (κ1) is 18.3. The highest BCUT2D eigenvalue weighted by Gasteiger charge is 2.10. The first-order valence-corrected chi connectivity index (χ1v) is 7.70. The average Bonchev–Trinajstić information content (AvgIpc) is 2.65. The Kier molecular flexibility index (Phi) is 6.85. The van der Waals surface area contributed by atoms with E-state index in [4.69, 9.17) is 4.74 Å². The van der Waals surface area contributed by atoms with E-state index in [2.05, 4.69) is 25.6 Å². The molecule has 25 heavy (non-hydrogen) atoms. The molecule has 0 aliphatic rings. The quantitative estimate of drug-likeness (QED) is 0.557. The molecule has 0 saturated heterocycles. The Hall–Kier alpha value is -3.00. The number of esters is 1. The van der Waals surface area contributed by atoms with E-state index in [9.17, 15) is 9.59 Å². The number of rotatable bonds is 8.